The fourth-order valence-electron chi connectivity index (χ4n) is 2.57. The van der Waals surface area contributed by atoms with Crippen molar-refractivity contribution in [3.63, 3.8) is 0 Å². The number of amides is 1. The van der Waals surface area contributed by atoms with E-state index in [1.165, 1.54) is 0 Å². The number of carbonyl (C=O) groups is 2. The second-order valence-electron chi connectivity index (χ2n) is 6.30. The van der Waals surface area contributed by atoms with Crippen LogP contribution in [0.5, 0.6) is 0 Å². The number of likely N-dealkylation sites (N-methyl/N-ethyl adjacent to an activating group) is 1. The van der Waals surface area contributed by atoms with Crippen LogP contribution in [0.3, 0.4) is 0 Å². The Hall–Kier alpha value is -2.14. The van der Waals surface area contributed by atoms with Crippen LogP contribution >= 0.6 is 15.9 Å². The molecule has 2 aromatic rings. The minimum absolute atomic E-state index is 0.00661. The maximum atomic E-state index is 12.8. The first-order chi connectivity index (χ1) is 11.2. The van der Waals surface area contributed by atoms with E-state index < -0.39 is 11.4 Å². The van der Waals surface area contributed by atoms with Gasteiger partial charge in [-0.3, -0.25) is 4.79 Å². The lowest BCUT2D eigenvalue weighted by atomic mass is 9.83. The molecule has 1 amide bonds. The first-order valence-corrected chi connectivity index (χ1v) is 8.35. The molecule has 0 fully saturated rings. The van der Waals surface area contributed by atoms with Gasteiger partial charge >= 0.3 is 5.97 Å². The zero-order chi connectivity index (χ0) is 17.9. The van der Waals surface area contributed by atoms with E-state index in [-0.39, 0.29) is 11.5 Å². The molecular weight excluding hydrogens is 370 g/mol. The van der Waals surface area contributed by atoms with Crippen LogP contribution in [0.15, 0.2) is 53.0 Å². The number of carboxylic acids is 1. The molecule has 0 aromatic heterocycles. The summed E-state index contributed by atoms with van der Waals surface area (Å²) in [4.78, 5) is 25.4. The zero-order valence-corrected chi connectivity index (χ0v) is 15.5. The van der Waals surface area contributed by atoms with Crippen LogP contribution in [0.4, 0.5) is 0 Å². The minimum atomic E-state index is -0.956. The molecule has 24 heavy (non-hydrogen) atoms. The number of aromatic carboxylic acids is 1. The summed E-state index contributed by atoms with van der Waals surface area (Å²) >= 11 is 3.40. The van der Waals surface area contributed by atoms with E-state index in [4.69, 9.17) is 5.11 Å². The standard InChI is InChI=1S/C19H20BrNO3/c1-19(2,15-8-10-16(20)11-9-15)18(24)21(3)12-13-4-6-14(7-5-13)17(22)23/h4-11H,12H2,1-3H3,(H,22,23). The van der Waals surface area contributed by atoms with Crippen LogP contribution in [0.1, 0.15) is 35.3 Å². The van der Waals surface area contributed by atoms with Crippen molar-refractivity contribution in [2.45, 2.75) is 25.8 Å². The average Bonchev–Trinajstić information content (AvgIpc) is 2.55. The predicted octanol–water partition coefficient (Wildman–Crippen LogP) is 4.08. The summed E-state index contributed by atoms with van der Waals surface area (Å²) in [6, 6.07) is 14.3. The van der Waals surface area contributed by atoms with Gasteiger partial charge in [0.05, 0.1) is 11.0 Å². The Kier molecular flexibility index (Phi) is 5.44. The molecule has 4 nitrogen and oxygen atoms in total. The van der Waals surface area contributed by atoms with E-state index >= 15 is 0 Å². The molecule has 1 N–H and O–H groups in total. The number of rotatable bonds is 5. The molecule has 0 bridgehead atoms. The van der Waals surface area contributed by atoms with E-state index in [0.29, 0.717) is 6.54 Å². The SMILES string of the molecule is CN(Cc1ccc(C(=O)O)cc1)C(=O)C(C)(C)c1ccc(Br)cc1. The highest BCUT2D eigenvalue weighted by Crippen LogP contribution is 2.27. The highest BCUT2D eigenvalue weighted by molar-refractivity contribution is 9.10. The quantitative estimate of drug-likeness (QED) is 0.837. The summed E-state index contributed by atoms with van der Waals surface area (Å²) in [6.45, 7) is 4.24. The lowest BCUT2D eigenvalue weighted by Gasteiger charge is -2.30. The van der Waals surface area contributed by atoms with Crippen molar-refractivity contribution in [1.29, 1.82) is 0 Å². The van der Waals surface area contributed by atoms with Crippen molar-refractivity contribution in [1.82, 2.24) is 4.90 Å². The third-order valence-corrected chi connectivity index (χ3v) is 4.60. The van der Waals surface area contributed by atoms with E-state index in [9.17, 15) is 9.59 Å². The van der Waals surface area contributed by atoms with Gasteiger partial charge in [0.1, 0.15) is 0 Å². The average molecular weight is 390 g/mol. The number of carboxylic acid groups (broad SMARTS) is 1. The number of hydrogen-bond acceptors (Lipinski definition) is 2. The van der Waals surface area contributed by atoms with Gasteiger partial charge in [0.2, 0.25) is 5.91 Å². The lowest BCUT2D eigenvalue weighted by Crippen LogP contribution is -2.41. The van der Waals surface area contributed by atoms with Crippen molar-refractivity contribution < 1.29 is 14.7 Å². The third kappa shape index (κ3) is 4.03. The number of hydrogen-bond donors (Lipinski definition) is 1. The monoisotopic (exact) mass is 389 g/mol. The van der Waals surface area contributed by atoms with Crippen molar-refractivity contribution in [3.05, 3.63) is 69.7 Å². The molecule has 0 aliphatic rings. The summed E-state index contributed by atoms with van der Waals surface area (Å²) in [5.41, 5.74) is 1.44. The maximum absolute atomic E-state index is 12.8. The fraction of sp³-hybridized carbons (Fsp3) is 0.263. The molecule has 5 heteroatoms. The molecule has 0 aliphatic carbocycles. The van der Waals surface area contributed by atoms with Gasteiger partial charge in [0.25, 0.3) is 0 Å². The lowest BCUT2D eigenvalue weighted by molar-refractivity contribution is -0.135. The number of benzene rings is 2. The van der Waals surface area contributed by atoms with Crippen molar-refractivity contribution >= 4 is 27.8 Å². The van der Waals surface area contributed by atoms with E-state index in [1.807, 2.05) is 38.1 Å². The predicted molar refractivity (Wildman–Crippen MR) is 97.0 cm³/mol. The second-order valence-corrected chi connectivity index (χ2v) is 7.21. The minimum Gasteiger partial charge on any atom is -0.478 e. The Bertz CT molecular complexity index is 736. The van der Waals surface area contributed by atoms with Crippen LogP contribution in [0, 0.1) is 0 Å². The topological polar surface area (TPSA) is 57.6 Å². The van der Waals surface area contributed by atoms with Crippen molar-refractivity contribution in [3.8, 4) is 0 Å². The van der Waals surface area contributed by atoms with Gasteiger partial charge in [0, 0.05) is 18.1 Å². The summed E-state index contributed by atoms with van der Waals surface area (Å²) in [5.74, 6) is -0.950. The summed E-state index contributed by atoms with van der Waals surface area (Å²) in [5, 5.41) is 8.93. The Morgan fingerprint density at radius 3 is 2.08 bits per heavy atom. The van der Waals surface area contributed by atoms with Crippen LogP contribution in [-0.4, -0.2) is 28.9 Å². The second kappa shape index (κ2) is 7.18. The van der Waals surface area contributed by atoms with Gasteiger partial charge < -0.3 is 10.0 Å². The summed E-state index contributed by atoms with van der Waals surface area (Å²) in [7, 11) is 1.76. The van der Waals surface area contributed by atoms with E-state index in [2.05, 4.69) is 15.9 Å². The molecule has 0 aliphatic heterocycles. The molecule has 0 saturated carbocycles. The van der Waals surface area contributed by atoms with Gasteiger partial charge in [-0.2, -0.15) is 0 Å². The van der Waals surface area contributed by atoms with Gasteiger partial charge in [-0.25, -0.2) is 4.79 Å². The van der Waals surface area contributed by atoms with Gasteiger partial charge in [-0.05, 0) is 49.2 Å². The highest BCUT2D eigenvalue weighted by atomic mass is 79.9. The van der Waals surface area contributed by atoms with Crippen molar-refractivity contribution in [2.75, 3.05) is 7.05 Å². The van der Waals surface area contributed by atoms with Crippen LogP contribution in [-0.2, 0) is 16.8 Å². The van der Waals surface area contributed by atoms with Crippen LogP contribution < -0.4 is 0 Å². The summed E-state index contributed by atoms with van der Waals surface area (Å²) < 4.78 is 0.973. The largest absolute Gasteiger partial charge is 0.478 e. The molecule has 0 spiro atoms. The molecule has 0 radical (unpaired) electrons. The Morgan fingerprint density at radius 1 is 1.04 bits per heavy atom. The zero-order valence-electron chi connectivity index (χ0n) is 13.9. The molecular formula is C19H20BrNO3. The van der Waals surface area contributed by atoms with Gasteiger partial charge in [-0.1, -0.05) is 40.2 Å². The van der Waals surface area contributed by atoms with Gasteiger partial charge in [0.15, 0.2) is 0 Å². The van der Waals surface area contributed by atoms with E-state index in [1.54, 1.807) is 36.2 Å². The Morgan fingerprint density at radius 2 is 1.58 bits per heavy atom. The van der Waals surface area contributed by atoms with Crippen LogP contribution in [0.25, 0.3) is 0 Å². The van der Waals surface area contributed by atoms with Crippen LogP contribution in [0.2, 0.25) is 0 Å². The smallest absolute Gasteiger partial charge is 0.335 e. The fourth-order valence-corrected chi connectivity index (χ4v) is 2.83. The maximum Gasteiger partial charge on any atom is 0.335 e. The Balaban J connectivity index is 2.13. The number of halogens is 1. The Labute approximate surface area is 150 Å². The van der Waals surface area contributed by atoms with E-state index in [0.717, 1.165) is 15.6 Å². The molecule has 0 unspecified atom stereocenters. The number of carbonyl (C=O) groups excluding carboxylic acids is 1. The molecule has 0 atom stereocenters. The molecule has 126 valence electrons. The molecule has 0 heterocycles. The normalized spacial score (nSPS) is 11.2. The molecule has 2 rings (SSSR count). The molecule has 0 saturated heterocycles. The third-order valence-electron chi connectivity index (χ3n) is 4.07. The highest BCUT2D eigenvalue weighted by Gasteiger charge is 2.32. The summed E-state index contributed by atoms with van der Waals surface area (Å²) in [6.07, 6.45) is 0. The first-order valence-electron chi connectivity index (χ1n) is 7.55. The molecule has 2 aromatic carbocycles. The first kappa shape index (κ1) is 18.2. The number of nitrogens with zero attached hydrogens (tertiary/aromatic N) is 1. The van der Waals surface area contributed by atoms with Gasteiger partial charge in [-0.15, -0.1) is 0 Å². The van der Waals surface area contributed by atoms with Crippen molar-refractivity contribution in [2.24, 2.45) is 0 Å².